The number of ether oxygens (including phenoxy) is 1. The third-order valence-electron chi connectivity index (χ3n) is 3.49. The topological polar surface area (TPSA) is 69.0 Å². The van der Waals surface area contributed by atoms with Gasteiger partial charge in [0.25, 0.3) is 0 Å². The van der Waals surface area contributed by atoms with Crippen molar-refractivity contribution < 1.29 is 9.53 Å². The zero-order valence-corrected chi connectivity index (χ0v) is 11.5. The summed E-state index contributed by atoms with van der Waals surface area (Å²) in [5.74, 6) is 1.58. The Bertz CT molecular complexity index is 631. The molecule has 0 fully saturated rings. The molecule has 1 aliphatic heterocycles. The molecule has 0 aliphatic carbocycles. The highest BCUT2D eigenvalue weighted by Crippen LogP contribution is 2.33. The Morgan fingerprint density at radius 2 is 2.25 bits per heavy atom. The van der Waals surface area contributed by atoms with Crippen molar-refractivity contribution in [3.63, 3.8) is 0 Å². The summed E-state index contributed by atoms with van der Waals surface area (Å²) >= 11 is 0. The van der Waals surface area contributed by atoms with Crippen molar-refractivity contribution in [2.75, 3.05) is 11.9 Å². The fraction of sp³-hybridized carbons (Fsp3) is 0.357. The second kappa shape index (κ2) is 4.96. The Labute approximate surface area is 116 Å². The number of hydrogen-bond donors (Lipinski definition) is 1. The highest BCUT2D eigenvalue weighted by molar-refractivity contribution is 5.95. The third kappa shape index (κ3) is 2.24. The SMILES string of the molecule is Cc1nc(NC(=O)C2CCOc3ccccc32)nn1C. The molecular formula is C14H16N4O2. The van der Waals surface area contributed by atoms with Crippen molar-refractivity contribution in [2.45, 2.75) is 19.3 Å². The van der Waals surface area contributed by atoms with E-state index in [1.165, 1.54) is 0 Å². The smallest absolute Gasteiger partial charge is 0.248 e. The van der Waals surface area contributed by atoms with Crippen LogP contribution in [0, 0.1) is 6.92 Å². The summed E-state index contributed by atoms with van der Waals surface area (Å²) in [6.07, 6.45) is 0.661. The maximum Gasteiger partial charge on any atom is 0.248 e. The molecular weight excluding hydrogens is 256 g/mol. The molecule has 1 aliphatic rings. The first-order valence-corrected chi connectivity index (χ1v) is 6.55. The quantitative estimate of drug-likeness (QED) is 0.902. The van der Waals surface area contributed by atoms with E-state index in [1.54, 1.807) is 11.7 Å². The zero-order chi connectivity index (χ0) is 14.1. The monoisotopic (exact) mass is 272 g/mol. The summed E-state index contributed by atoms with van der Waals surface area (Å²) in [6.45, 7) is 2.39. The number of aromatic nitrogens is 3. The van der Waals surface area contributed by atoms with E-state index in [-0.39, 0.29) is 11.8 Å². The number of amides is 1. The van der Waals surface area contributed by atoms with Crippen LogP contribution in [0.1, 0.15) is 23.7 Å². The van der Waals surface area contributed by atoms with Gasteiger partial charge >= 0.3 is 0 Å². The van der Waals surface area contributed by atoms with Gasteiger partial charge in [-0.25, -0.2) is 0 Å². The molecule has 104 valence electrons. The Morgan fingerprint density at radius 3 is 3.00 bits per heavy atom. The molecule has 2 aromatic rings. The van der Waals surface area contributed by atoms with Crippen LogP contribution in [-0.4, -0.2) is 27.3 Å². The van der Waals surface area contributed by atoms with Gasteiger partial charge in [0.2, 0.25) is 11.9 Å². The van der Waals surface area contributed by atoms with Gasteiger partial charge < -0.3 is 4.74 Å². The molecule has 1 aromatic carbocycles. The van der Waals surface area contributed by atoms with Crippen LogP contribution >= 0.6 is 0 Å². The molecule has 6 heteroatoms. The third-order valence-corrected chi connectivity index (χ3v) is 3.49. The lowest BCUT2D eigenvalue weighted by molar-refractivity contribution is -0.118. The van der Waals surface area contributed by atoms with Crippen molar-refractivity contribution in [1.82, 2.24) is 14.8 Å². The van der Waals surface area contributed by atoms with Gasteiger partial charge in [-0.05, 0) is 19.4 Å². The lowest BCUT2D eigenvalue weighted by atomic mass is 9.92. The van der Waals surface area contributed by atoms with Gasteiger partial charge in [-0.3, -0.25) is 14.8 Å². The van der Waals surface area contributed by atoms with E-state index in [4.69, 9.17) is 4.74 Å². The predicted molar refractivity (Wildman–Crippen MR) is 73.7 cm³/mol. The van der Waals surface area contributed by atoms with Crippen LogP contribution in [0.2, 0.25) is 0 Å². The number of carbonyl (C=O) groups excluding carboxylic acids is 1. The number of fused-ring (bicyclic) bond motifs is 1. The van der Waals surface area contributed by atoms with Crippen LogP contribution < -0.4 is 10.1 Å². The number of aryl methyl sites for hydroxylation is 2. The van der Waals surface area contributed by atoms with Crippen LogP contribution in [0.3, 0.4) is 0 Å². The Kier molecular flexibility index (Phi) is 3.14. The number of rotatable bonds is 2. The summed E-state index contributed by atoms with van der Waals surface area (Å²) in [6, 6.07) is 7.63. The molecule has 20 heavy (non-hydrogen) atoms. The highest BCUT2D eigenvalue weighted by atomic mass is 16.5. The fourth-order valence-electron chi connectivity index (χ4n) is 2.33. The molecule has 1 atom stereocenters. The molecule has 6 nitrogen and oxygen atoms in total. The van der Waals surface area contributed by atoms with Gasteiger partial charge in [-0.15, -0.1) is 5.10 Å². The molecule has 1 unspecified atom stereocenters. The average molecular weight is 272 g/mol. The van der Waals surface area contributed by atoms with Crippen LogP contribution in [0.5, 0.6) is 5.75 Å². The molecule has 0 saturated carbocycles. The number of nitrogens with one attached hydrogen (secondary N) is 1. The summed E-state index contributed by atoms with van der Waals surface area (Å²) < 4.78 is 7.19. The van der Waals surface area contributed by atoms with Crippen LogP contribution in [0.15, 0.2) is 24.3 Å². The van der Waals surface area contributed by atoms with E-state index in [0.717, 1.165) is 17.1 Å². The number of carbonyl (C=O) groups is 1. The highest BCUT2D eigenvalue weighted by Gasteiger charge is 2.28. The molecule has 1 N–H and O–H groups in total. The number of anilines is 1. The van der Waals surface area contributed by atoms with E-state index < -0.39 is 0 Å². The predicted octanol–water partition coefficient (Wildman–Crippen LogP) is 1.63. The normalized spacial score (nSPS) is 17.2. The lowest BCUT2D eigenvalue weighted by Crippen LogP contribution is -2.26. The first-order chi connectivity index (χ1) is 9.65. The number of nitrogens with zero attached hydrogens (tertiary/aromatic N) is 3. The van der Waals surface area contributed by atoms with Crippen molar-refractivity contribution in [1.29, 1.82) is 0 Å². The van der Waals surface area contributed by atoms with Crippen LogP contribution in [0.25, 0.3) is 0 Å². The summed E-state index contributed by atoms with van der Waals surface area (Å²) in [4.78, 5) is 16.6. The second-order valence-electron chi connectivity index (χ2n) is 4.82. The minimum atomic E-state index is -0.218. The molecule has 1 aromatic heterocycles. The second-order valence-corrected chi connectivity index (χ2v) is 4.82. The lowest BCUT2D eigenvalue weighted by Gasteiger charge is -2.24. The van der Waals surface area contributed by atoms with Crippen molar-refractivity contribution in [2.24, 2.45) is 7.05 Å². The number of hydrogen-bond acceptors (Lipinski definition) is 4. The van der Waals surface area contributed by atoms with Crippen molar-refractivity contribution >= 4 is 11.9 Å². The first-order valence-electron chi connectivity index (χ1n) is 6.55. The van der Waals surface area contributed by atoms with Gasteiger partial charge in [0.05, 0.1) is 12.5 Å². The summed E-state index contributed by atoms with van der Waals surface area (Å²) in [5.41, 5.74) is 0.920. The molecule has 0 spiro atoms. The molecule has 3 rings (SSSR count). The maximum atomic E-state index is 12.4. The summed E-state index contributed by atoms with van der Waals surface area (Å²) in [7, 11) is 1.79. The van der Waals surface area contributed by atoms with E-state index in [2.05, 4.69) is 15.4 Å². The van der Waals surface area contributed by atoms with E-state index >= 15 is 0 Å². The van der Waals surface area contributed by atoms with E-state index in [9.17, 15) is 4.79 Å². The van der Waals surface area contributed by atoms with Gasteiger partial charge in [-0.2, -0.15) is 4.98 Å². The van der Waals surface area contributed by atoms with E-state index in [1.807, 2.05) is 31.2 Å². The van der Waals surface area contributed by atoms with Gasteiger partial charge in [-0.1, -0.05) is 18.2 Å². The minimum absolute atomic E-state index is 0.0913. The standard InChI is InChI=1S/C14H16N4O2/c1-9-15-14(17-18(9)2)16-13(19)11-7-8-20-12-6-4-3-5-10(11)12/h3-6,11H,7-8H2,1-2H3,(H,16,17,19). The fourth-order valence-corrected chi connectivity index (χ4v) is 2.33. The molecule has 1 amide bonds. The first kappa shape index (κ1) is 12.7. The largest absolute Gasteiger partial charge is 0.493 e. The van der Waals surface area contributed by atoms with Crippen molar-refractivity contribution in [3.05, 3.63) is 35.7 Å². The zero-order valence-electron chi connectivity index (χ0n) is 11.5. The maximum absolute atomic E-state index is 12.4. The van der Waals surface area contributed by atoms with Crippen LogP contribution in [-0.2, 0) is 11.8 Å². The molecule has 2 heterocycles. The average Bonchev–Trinajstić information content (AvgIpc) is 2.76. The van der Waals surface area contributed by atoms with Gasteiger partial charge in [0.1, 0.15) is 11.6 Å². The molecule has 0 saturated heterocycles. The van der Waals surface area contributed by atoms with Crippen molar-refractivity contribution in [3.8, 4) is 5.75 Å². The Balaban J connectivity index is 1.81. The molecule has 0 bridgehead atoms. The van der Waals surface area contributed by atoms with E-state index in [0.29, 0.717) is 19.0 Å². The summed E-state index contributed by atoms with van der Waals surface area (Å²) in [5, 5.41) is 6.92. The van der Waals surface area contributed by atoms with Crippen LogP contribution in [0.4, 0.5) is 5.95 Å². The number of benzene rings is 1. The minimum Gasteiger partial charge on any atom is -0.493 e. The van der Waals surface area contributed by atoms with Gasteiger partial charge in [0, 0.05) is 12.6 Å². The molecule has 0 radical (unpaired) electrons. The Morgan fingerprint density at radius 1 is 1.45 bits per heavy atom. The Hall–Kier alpha value is -2.37. The number of para-hydroxylation sites is 1. The van der Waals surface area contributed by atoms with Gasteiger partial charge in [0.15, 0.2) is 0 Å².